The van der Waals surface area contributed by atoms with E-state index in [0.29, 0.717) is 6.04 Å². The van der Waals surface area contributed by atoms with Crippen molar-refractivity contribution in [3.8, 4) is 0 Å². The van der Waals surface area contributed by atoms with Crippen molar-refractivity contribution in [3.63, 3.8) is 0 Å². The number of hydrogen-bond acceptors (Lipinski definition) is 1. The number of fused-ring (bicyclic) bond motifs is 1. The number of benzene rings is 2. The van der Waals surface area contributed by atoms with Crippen LogP contribution in [-0.2, 0) is 5.41 Å². The van der Waals surface area contributed by atoms with Gasteiger partial charge in [-0.25, -0.2) is 0 Å². The van der Waals surface area contributed by atoms with Crippen molar-refractivity contribution in [2.45, 2.75) is 52.0 Å². The van der Waals surface area contributed by atoms with Crippen LogP contribution < -0.4 is 5.32 Å². The average Bonchev–Trinajstić information content (AvgIpc) is 2.45. The lowest BCUT2D eigenvalue weighted by Crippen LogP contribution is -2.29. The summed E-state index contributed by atoms with van der Waals surface area (Å²) in [5.41, 5.74) is 7.17. The molecule has 0 spiro atoms. The topological polar surface area (TPSA) is 12.0 Å². The van der Waals surface area contributed by atoms with Gasteiger partial charge in [-0.15, -0.1) is 0 Å². The van der Waals surface area contributed by atoms with E-state index >= 15 is 0 Å². The fourth-order valence-corrected chi connectivity index (χ4v) is 3.53. The van der Waals surface area contributed by atoms with Crippen LogP contribution in [0.4, 0.5) is 5.69 Å². The molecular weight excluding hydrogens is 254 g/mol. The van der Waals surface area contributed by atoms with Gasteiger partial charge < -0.3 is 5.32 Å². The summed E-state index contributed by atoms with van der Waals surface area (Å²) in [7, 11) is 0. The van der Waals surface area contributed by atoms with Gasteiger partial charge in [0, 0.05) is 5.69 Å². The van der Waals surface area contributed by atoms with Gasteiger partial charge in [-0.3, -0.25) is 0 Å². The highest BCUT2D eigenvalue weighted by Gasteiger charge is 2.32. The van der Waals surface area contributed by atoms with E-state index in [-0.39, 0.29) is 5.41 Å². The SMILES string of the molecule is Cc1ccc(NC2CCC(C)(C)c3ccccc32)c(C)c1. The fourth-order valence-electron chi connectivity index (χ4n) is 3.53. The van der Waals surface area contributed by atoms with E-state index in [1.165, 1.54) is 40.8 Å². The van der Waals surface area contributed by atoms with E-state index in [9.17, 15) is 0 Å². The van der Waals surface area contributed by atoms with Gasteiger partial charge in [0.15, 0.2) is 0 Å². The Balaban J connectivity index is 1.94. The van der Waals surface area contributed by atoms with Crippen molar-refractivity contribution in [1.29, 1.82) is 0 Å². The molecule has 21 heavy (non-hydrogen) atoms. The Bertz CT molecular complexity index is 655. The number of hydrogen-bond donors (Lipinski definition) is 1. The third-order valence-electron chi connectivity index (χ3n) is 4.83. The molecule has 2 aromatic carbocycles. The monoisotopic (exact) mass is 279 g/mol. The molecule has 1 atom stereocenters. The van der Waals surface area contributed by atoms with Gasteiger partial charge in [-0.1, -0.05) is 55.8 Å². The predicted octanol–water partition coefficient (Wildman–Crippen LogP) is 5.53. The first-order valence-corrected chi connectivity index (χ1v) is 7.90. The molecule has 3 rings (SSSR count). The quantitative estimate of drug-likeness (QED) is 0.762. The lowest BCUT2D eigenvalue weighted by molar-refractivity contribution is 0.406. The average molecular weight is 279 g/mol. The molecule has 0 saturated heterocycles. The molecule has 0 saturated carbocycles. The van der Waals surface area contributed by atoms with Crippen LogP contribution in [0.25, 0.3) is 0 Å². The van der Waals surface area contributed by atoms with Crippen molar-refractivity contribution in [2.75, 3.05) is 5.32 Å². The highest BCUT2D eigenvalue weighted by Crippen LogP contribution is 2.42. The molecule has 2 aromatic rings. The summed E-state index contributed by atoms with van der Waals surface area (Å²) in [6.07, 6.45) is 2.42. The van der Waals surface area contributed by atoms with E-state index < -0.39 is 0 Å². The van der Waals surface area contributed by atoms with Crippen LogP contribution in [0.15, 0.2) is 42.5 Å². The number of rotatable bonds is 2. The summed E-state index contributed by atoms with van der Waals surface area (Å²) in [6.45, 7) is 9.06. The van der Waals surface area contributed by atoms with Crippen molar-refractivity contribution in [2.24, 2.45) is 0 Å². The Morgan fingerprint density at radius 1 is 1.05 bits per heavy atom. The van der Waals surface area contributed by atoms with Crippen LogP contribution in [0, 0.1) is 13.8 Å². The maximum Gasteiger partial charge on any atom is 0.0517 e. The first kappa shape index (κ1) is 14.2. The lowest BCUT2D eigenvalue weighted by Gasteiger charge is -2.38. The standard InChI is InChI=1S/C20H25N/c1-14-9-10-18(15(2)13-14)21-19-11-12-20(3,4)17-8-6-5-7-16(17)19/h5-10,13,19,21H,11-12H2,1-4H3. The van der Waals surface area contributed by atoms with Crippen LogP contribution >= 0.6 is 0 Å². The highest BCUT2D eigenvalue weighted by molar-refractivity contribution is 5.54. The second-order valence-corrected chi connectivity index (χ2v) is 7.03. The summed E-state index contributed by atoms with van der Waals surface area (Å²) >= 11 is 0. The fraction of sp³-hybridized carbons (Fsp3) is 0.400. The Kier molecular flexibility index (Phi) is 3.52. The third-order valence-corrected chi connectivity index (χ3v) is 4.83. The molecule has 1 nitrogen and oxygen atoms in total. The molecule has 0 aliphatic heterocycles. The summed E-state index contributed by atoms with van der Waals surface area (Å²) in [5, 5.41) is 3.77. The van der Waals surface area contributed by atoms with Crippen LogP contribution in [0.1, 0.15) is 55.0 Å². The molecule has 1 aliphatic carbocycles. The first-order valence-electron chi connectivity index (χ1n) is 7.90. The second-order valence-electron chi connectivity index (χ2n) is 7.03. The van der Waals surface area contributed by atoms with Gasteiger partial charge in [0.1, 0.15) is 0 Å². The van der Waals surface area contributed by atoms with Crippen LogP contribution in [0.5, 0.6) is 0 Å². The third kappa shape index (κ3) is 2.70. The summed E-state index contributed by atoms with van der Waals surface area (Å²) in [5.74, 6) is 0. The van der Waals surface area contributed by atoms with Crippen LogP contribution in [-0.4, -0.2) is 0 Å². The van der Waals surface area contributed by atoms with E-state index in [2.05, 4.69) is 75.5 Å². The Hall–Kier alpha value is -1.76. The van der Waals surface area contributed by atoms with Gasteiger partial charge in [-0.05, 0) is 54.9 Å². The Labute approximate surface area is 128 Å². The maximum absolute atomic E-state index is 3.77. The number of anilines is 1. The molecular formula is C20H25N. The minimum absolute atomic E-state index is 0.289. The Morgan fingerprint density at radius 2 is 1.81 bits per heavy atom. The molecule has 1 unspecified atom stereocenters. The molecule has 110 valence electrons. The largest absolute Gasteiger partial charge is 0.378 e. The molecule has 1 aliphatic rings. The molecule has 0 amide bonds. The van der Waals surface area contributed by atoms with Gasteiger partial charge in [-0.2, -0.15) is 0 Å². The zero-order chi connectivity index (χ0) is 15.0. The normalized spacial score (nSPS) is 19.9. The maximum atomic E-state index is 3.77. The predicted molar refractivity (Wildman–Crippen MR) is 91.0 cm³/mol. The smallest absolute Gasteiger partial charge is 0.0517 e. The number of nitrogens with one attached hydrogen (secondary N) is 1. The summed E-state index contributed by atoms with van der Waals surface area (Å²) in [6, 6.07) is 16.0. The van der Waals surface area contributed by atoms with Gasteiger partial charge in [0.25, 0.3) is 0 Å². The molecule has 0 fully saturated rings. The second kappa shape index (κ2) is 5.22. The van der Waals surface area contributed by atoms with Crippen LogP contribution in [0.2, 0.25) is 0 Å². The number of aryl methyl sites for hydroxylation is 2. The first-order chi connectivity index (χ1) is 9.97. The van der Waals surface area contributed by atoms with E-state index in [1.807, 2.05) is 0 Å². The highest BCUT2D eigenvalue weighted by atomic mass is 14.9. The van der Waals surface area contributed by atoms with E-state index in [4.69, 9.17) is 0 Å². The summed E-state index contributed by atoms with van der Waals surface area (Å²) < 4.78 is 0. The lowest BCUT2D eigenvalue weighted by atomic mass is 9.71. The molecule has 0 aromatic heterocycles. The van der Waals surface area contributed by atoms with Crippen molar-refractivity contribution in [1.82, 2.24) is 0 Å². The van der Waals surface area contributed by atoms with Crippen LogP contribution in [0.3, 0.4) is 0 Å². The van der Waals surface area contributed by atoms with Crippen molar-refractivity contribution in [3.05, 3.63) is 64.7 Å². The Morgan fingerprint density at radius 3 is 2.57 bits per heavy atom. The zero-order valence-corrected chi connectivity index (χ0v) is 13.5. The van der Waals surface area contributed by atoms with E-state index in [0.717, 1.165) is 0 Å². The molecule has 0 radical (unpaired) electrons. The van der Waals surface area contributed by atoms with Gasteiger partial charge in [0.2, 0.25) is 0 Å². The van der Waals surface area contributed by atoms with Crippen molar-refractivity contribution >= 4 is 5.69 Å². The van der Waals surface area contributed by atoms with Crippen molar-refractivity contribution < 1.29 is 0 Å². The molecule has 1 N–H and O–H groups in total. The van der Waals surface area contributed by atoms with Gasteiger partial charge >= 0.3 is 0 Å². The van der Waals surface area contributed by atoms with E-state index in [1.54, 1.807) is 0 Å². The minimum atomic E-state index is 0.289. The molecule has 0 heterocycles. The summed E-state index contributed by atoms with van der Waals surface area (Å²) in [4.78, 5) is 0. The molecule has 1 heteroatoms. The van der Waals surface area contributed by atoms with Gasteiger partial charge in [0.05, 0.1) is 6.04 Å². The zero-order valence-electron chi connectivity index (χ0n) is 13.5. The molecule has 0 bridgehead atoms. The minimum Gasteiger partial charge on any atom is -0.378 e.